The standard InChI is InChI=1S/C10H12N2/c1-3-9-6-11-12-7-8(2)4-5-10(9)12/h4-7H,3H2,1-2H3. The van der Waals surface area contributed by atoms with Crippen LogP contribution in [0.5, 0.6) is 0 Å². The molecule has 12 heavy (non-hydrogen) atoms. The third-order valence-electron chi connectivity index (χ3n) is 2.12. The molecule has 0 aliphatic heterocycles. The summed E-state index contributed by atoms with van der Waals surface area (Å²) < 4.78 is 1.94. The predicted molar refractivity (Wildman–Crippen MR) is 49.3 cm³/mol. The number of nitrogens with zero attached hydrogens (tertiary/aromatic N) is 2. The molecular formula is C10H12N2. The fraction of sp³-hybridized carbons (Fsp3) is 0.300. The largest absolute Gasteiger partial charge is 0.240 e. The smallest absolute Gasteiger partial charge is 0.0693 e. The molecule has 2 aromatic rings. The summed E-state index contributed by atoms with van der Waals surface area (Å²) in [5, 5.41) is 4.27. The second kappa shape index (κ2) is 2.63. The molecule has 0 bridgehead atoms. The SMILES string of the molecule is CCc1cnn2cc(C)ccc12. The molecule has 2 rings (SSSR count). The third kappa shape index (κ3) is 0.998. The van der Waals surface area contributed by atoms with Crippen molar-refractivity contribution < 1.29 is 0 Å². The second-order valence-electron chi connectivity index (χ2n) is 3.06. The molecule has 2 aromatic heterocycles. The molecule has 0 unspecified atom stereocenters. The summed E-state index contributed by atoms with van der Waals surface area (Å²) in [5.41, 5.74) is 3.78. The van der Waals surface area contributed by atoms with Crippen LogP contribution in [-0.2, 0) is 6.42 Å². The van der Waals surface area contributed by atoms with Crippen molar-refractivity contribution in [2.45, 2.75) is 20.3 Å². The van der Waals surface area contributed by atoms with Crippen molar-refractivity contribution in [1.82, 2.24) is 9.61 Å². The third-order valence-corrected chi connectivity index (χ3v) is 2.12. The summed E-state index contributed by atoms with van der Waals surface area (Å²) in [6.07, 6.45) is 5.04. The van der Waals surface area contributed by atoms with Crippen LogP contribution < -0.4 is 0 Å². The maximum atomic E-state index is 4.27. The lowest BCUT2D eigenvalue weighted by molar-refractivity contribution is 0.952. The molecule has 62 valence electrons. The van der Waals surface area contributed by atoms with E-state index in [0.29, 0.717) is 0 Å². The molecule has 0 saturated carbocycles. The fourth-order valence-electron chi connectivity index (χ4n) is 1.41. The minimum Gasteiger partial charge on any atom is -0.240 e. The molecule has 2 heterocycles. The van der Waals surface area contributed by atoms with Gasteiger partial charge in [-0.1, -0.05) is 13.0 Å². The Morgan fingerprint density at radius 1 is 1.42 bits per heavy atom. The van der Waals surface area contributed by atoms with Crippen molar-refractivity contribution in [3.63, 3.8) is 0 Å². The van der Waals surface area contributed by atoms with Gasteiger partial charge >= 0.3 is 0 Å². The van der Waals surface area contributed by atoms with E-state index in [0.717, 1.165) is 6.42 Å². The van der Waals surface area contributed by atoms with Crippen LogP contribution in [0.2, 0.25) is 0 Å². The zero-order valence-electron chi connectivity index (χ0n) is 7.41. The van der Waals surface area contributed by atoms with E-state index in [1.54, 1.807) is 0 Å². The highest BCUT2D eigenvalue weighted by atomic mass is 15.2. The van der Waals surface area contributed by atoms with E-state index >= 15 is 0 Å². The topological polar surface area (TPSA) is 17.3 Å². The average molecular weight is 160 g/mol. The molecule has 0 N–H and O–H groups in total. The van der Waals surface area contributed by atoms with Crippen LogP contribution in [0.1, 0.15) is 18.1 Å². The minimum atomic E-state index is 1.05. The number of rotatable bonds is 1. The van der Waals surface area contributed by atoms with E-state index in [1.807, 2.05) is 10.7 Å². The Bertz CT molecular complexity index is 401. The molecule has 0 radical (unpaired) electrons. The Morgan fingerprint density at radius 2 is 2.25 bits per heavy atom. The Hall–Kier alpha value is -1.31. The van der Waals surface area contributed by atoms with E-state index in [2.05, 4.69) is 37.3 Å². The molecular weight excluding hydrogens is 148 g/mol. The summed E-state index contributed by atoms with van der Waals surface area (Å²) in [6, 6.07) is 4.25. The Kier molecular flexibility index (Phi) is 1.61. The lowest BCUT2D eigenvalue weighted by Crippen LogP contribution is -1.87. The van der Waals surface area contributed by atoms with E-state index in [-0.39, 0.29) is 0 Å². The van der Waals surface area contributed by atoms with E-state index in [9.17, 15) is 0 Å². The van der Waals surface area contributed by atoms with E-state index in [4.69, 9.17) is 0 Å². The first-order valence-electron chi connectivity index (χ1n) is 4.24. The highest BCUT2D eigenvalue weighted by Gasteiger charge is 1.99. The summed E-state index contributed by atoms with van der Waals surface area (Å²) in [7, 11) is 0. The Balaban J connectivity index is 2.73. The molecule has 0 aromatic carbocycles. The quantitative estimate of drug-likeness (QED) is 0.625. The van der Waals surface area contributed by atoms with Crippen molar-refractivity contribution in [3.05, 3.63) is 35.7 Å². The predicted octanol–water partition coefficient (Wildman–Crippen LogP) is 2.21. The lowest BCUT2D eigenvalue weighted by atomic mass is 10.2. The molecule has 0 aliphatic carbocycles. The van der Waals surface area contributed by atoms with Gasteiger partial charge in [0.05, 0.1) is 11.7 Å². The maximum Gasteiger partial charge on any atom is 0.0693 e. The minimum absolute atomic E-state index is 1.05. The van der Waals surface area contributed by atoms with Crippen molar-refractivity contribution in [3.8, 4) is 0 Å². The average Bonchev–Trinajstić information content (AvgIpc) is 2.46. The first kappa shape index (κ1) is 7.35. The van der Waals surface area contributed by atoms with Crippen LogP contribution in [0.4, 0.5) is 0 Å². The van der Waals surface area contributed by atoms with Gasteiger partial charge in [0.2, 0.25) is 0 Å². The molecule has 0 amide bonds. The summed E-state index contributed by atoms with van der Waals surface area (Å²) in [4.78, 5) is 0. The molecule has 0 spiro atoms. The highest BCUT2D eigenvalue weighted by Crippen LogP contribution is 2.11. The summed E-state index contributed by atoms with van der Waals surface area (Å²) in [5.74, 6) is 0. The van der Waals surface area contributed by atoms with E-state index in [1.165, 1.54) is 16.6 Å². The van der Waals surface area contributed by atoms with Crippen LogP contribution in [0.25, 0.3) is 5.52 Å². The van der Waals surface area contributed by atoms with Gasteiger partial charge in [0.1, 0.15) is 0 Å². The van der Waals surface area contributed by atoms with Crippen LogP contribution in [-0.4, -0.2) is 9.61 Å². The number of pyridine rings is 1. The number of hydrogen-bond donors (Lipinski definition) is 0. The molecule has 0 atom stereocenters. The van der Waals surface area contributed by atoms with Gasteiger partial charge in [-0.25, -0.2) is 4.52 Å². The van der Waals surface area contributed by atoms with Crippen LogP contribution in [0, 0.1) is 6.92 Å². The zero-order valence-corrected chi connectivity index (χ0v) is 7.41. The number of aromatic nitrogens is 2. The monoisotopic (exact) mass is 160 g/mol. The first-order valence-corrected chi connectivity index (χ1v) is 4.24. The molecule has 2 nitrogen and oxygen atoms in total. The molecule has 0 fully saturated rings. The van der Waals surface area contributed by atoms with Gasteiger partial charge < -0.3 is 0 Å². The summed E-state index contributed by atoms with van der Waals surface area (Å²) in [6.45, 7) is 4.23. The Morgan fingerprint density at radius 3 is 3.00 bits per heavy atom. The van der Waals surface area contributed by atoms with Crippen LogP contribution in [0.15, 0.2) is 24.5 Å². The number of aryl methyl sites for hydroxylation is 2. The van der Waals surface area contributed by atoms with Gasteiger partial charge in [-0.05, 0) is 30.5 Å². The molecule has 0 saturated heterocycles. The van der Waals surface area contributed by atoms with E-state index < -0.39 is 0 Å². The Labute approximate surface area is 71.8 Å². The zero-order chi connectivity index (χ0) is 8.55. The maximum absolute atomic E-state index is 4.27. The molecule has 0 aliphatic rings. The van der Waals surface area contributed by atoms with Crippen LogP contribution in [0.3, 0.4) is 0 Å². The van der Waals surface area contributed by atoms with Crippen molar-refractivity contribution in [2.75, 3.05) is 0 Å². The van der Waals surface area contributed by atoms with Gasteiger partial charge in [0, 0.05) is 6.20 Å². The van der Waals surface area contributed by atoms with Gasteiger partial charge in [0.15, 0.2) is 0 Å². The lowest BCUT2D eigenvalue weighted by Gasteiger charge is -1.96. The van der Waals surface area contributed by atoms with Gasteiger partial charge in [0.25, 0.3) is 0 Å². The number of hydrogen-bond acceptors (Lipinski definition) is 1. The normalized spacial score (nSPS) is 10.8. The van der Waals surface area contributed by atoms with Crippen LogP contribution >= 0.6 is 0 Å². The fourth-order valence-corrected chi connectivity index (χ4v) is 1.41. The number of fused-ring (bicyclic) bond motifs is 1. The van der Waals surface area contributed by atoms with Crippen molar-refractivity contribution in [2.24, 2.45) is 0 Å². The van der Waals surface area contributed by atoms with Crippen molar-refractivity contribution >= 4 is 5.52 Å². The molecule has 2 heteroatoms. The highest BCUT2D eigenvalue weighted by molar-refractivity contribution is 5.53. The van der Waals surface area contributed by atoms with Gasteiger partial charge in [-0.2, -0.15) is 5.10 Å². The second-order valence-corrected chi connectivity index (χ2v) is 3.06. The summed E-state index contributed by atoms with van der Waals surface area (Å²) >= 11 is 0. The van der Waals surface area contributed by atoms with Gasteiger partial charge in [-0.15, -0.1) is 0 Å². The van der Waals surface area contributed by atoms with Crippen molar-refractivity contribution in [1.29, 1.82) is 0 Å². The van der Waals surface area contributed by atoms with Gasteiger partial charge in [-0.3, -0.25) is 0 Å². The first-order chi connectivity index (χ1) is 5.81.